The molecule has 2 heterocycles. The largest absolute Gasteiger partial charge is 0.388 e. The standard InChI is InChI=1S/C9H10ClNO2/c1-5-2-3-11-8(7(5)10)9-6(12)4-13-9/h2-3,6,9,12H,4H2,1H3. The van der Waals surface area contributed by atoms with E-state index in [2.05, 4.69) is 4.98 Å². The molecular weight excluding hydrogens is 190 g/mol. The van der Waals surface area contributed by atoms with Gasteiger partial charge in [-0.2, -0.15) is 0 Å². The number of aromatic nitrogens is 1. The molecule has 0 aliphatic carbocycles. The second-order valence-corrected chi connectivity index (χ2v) is 3.53. The summed E-state index contributed by atoms with van der Waals surface area (Å²) in [6.45, 7) is 2.27. The Hall–Kier alpha value is -0.640. The number of aryl methyl sites for hydroxylation is 1. The second kappa shape index (κ2) is 3.25. The summed E-state index contributed by atoms with van der Waals surface area (Å²) in [6.07, 6.45) is 0.865. The molecule has 70 valence electrons. The molecule has 1 aliphatic heterocycles. The van der Waals surface area contributed by atoms with Crippen molar-refractivity contribution >= 4 is 11.6 Å². The van der Waals surface area contributed by atoms with Crippen LogP contribution in [0.15, 0.2) is 12.3 Å². The monoisotopic (exact) mass is 199 g/mol. The topological polar surface area (TPSA) is 42.4 Å². The van der Waals surface area contributed by atoms with Gasteiger partial charge in [-0.1, -0.05) is 11.6 Å². The first-order valence-electron chi connectivity index (χ1n) is 4.11. The molecule has 0 amide bonds. The molecule has 1 aromatic heterocycles. The number of aliphatic hydroxyl groups is 1. The molecule has 1 fully saturated rings. The minimum atomic E-state index is -0.466. The zero-order chi connectivity index (χ0) is 9.42. The van der Waals surface area contributed by atoms with Gasteiger partial charge in [0, 0.05) is 6.20 Å². The molecule has 1 N–H and O–H groups in total. The van der Waals surface area contributed by atoms with E-state index >= 15 is 0 Å². The van der Waals surface area contributed by atoms with Gasteiger partial charge in [0.1, 0.15) is 12.2 Å². The number of nitrogens with zero attached hydrogens (tertiary/aromatic N) is 1. The van der Waals surface area contributed by atoms with Gasteiger partial charge in [-0.15, -0.1) is 0 Å². The van der Waals surface area contributed by atoms with Crippen molar-refractivity contribution in [1.82, 2.24) is 4.98 Å². The third-order valence-electron chi connectivity index (χ3n) is 2.17. The lowest BCUT2D eigenvalue weighted by Gasteiger charge is -2.32. The fourth-order valence-corrected chi connectivity index (χ4v) is 1.52. The molecule has 2 unspecified atom stereocenters. The maximum Gasteiger partial charge on any atom is 0.129 e. The van der Waals surface area contributed by atoms with E-state index in [1.807, 2.05) is 13.0 Å². The van der Waals surface area contributed by atoms with E-state index in [1.54, 1.807) is 6.20 Å². The van der Waals surface area contributed by atoms with E-state index in [1.165, 1.54) is 0 Å². The number of hydrogen-bond acceptors (Lipinski definition) is 3. The van der Waals surface area contributed by atoms with E-state index < -0.39 is 6.10 Å². The zero-order valence-electron chi connectivity index (χ0n) is 7.20. The van der Waals surface area contributed by atoms with Crippen LogP contribution in [0.3, 0.4) is 0 Å². The average Bonchev–Trinajstić information content (AvgIpc) is 2.10. The summed E-state index contributed by atoms with van der Waals surface area (Å²) < 4.78 is 5.17. The quantitative estimate of drug-likeness (QED) is 0.745. The number of halogens is 1. The van der Waals surface area contributed by atoms with E-state index in [9.17, 15) is 5.11 Å². The second-order valence-electron chi connectivity index (χ2n) is 3.15. The minimum Gasteiger partial charge on any atom is -0.388 e. The van der Waals surface area contributed by atoms with Gasteiger partial charge in [-0.05, 0) is 18.6 Å². The molecule has 2 atom stereocenters. The van der Waals surface area contributed by atoms with Crippen molar-refractivity contribution in [2.45, 2.75) is 19.1 Å². The van der Waals surface area contributed by atoms with Crippen LogP contribution in [0.4, 0.5) is 0 Å². The fraction of sp³-hybridized carbons (Fsp3) is 0.444. The number of hydrogen-bond donors (Lipinski definition) is 1. The Bertz CT molecular complexity index is 329. The Balaban J connectivity index is 2.34. The lowest BCUT2D eigenvalue weighted by molar-refractivity contribution is -0.167. The van der Waals surface area contributed by atoms with Crippen LogP contribution in [0, 0.1) is 6.92 Å². The SMILES string of the molecule is Cc1ccnc(C2OCC2O)c1Cl. The number of rotatable bonds is 1. The van der Waals surface area contributed by atoms with Crippen molar-refractivity contribution in [2.75, 3.05) is 6.61 Å². The first kappa shape index (κ1) is 8.94. The van der Waals surface area contributed by atoms with Gasteiger partial charge in [0.15, 0.2) is 0 Å². The number of ether oxygens (including phenoxy) is 1. The molecular formula is C9H10ClNO2. The van der Waals surface area contributed by atoms with Gasteiger partial charge in [0.25, 0.3) is 0 Å². The van der Waals surface area contributed by atoms with Crippen molar-refractivity contribution in [3.8, 4) is 0 Å². The molecule has 2 rings (SSSR count). The minimum absolute atomic E-state index is 0.340. The smallest absolute Gasteiger partial charge is 0.129 e. The molecule has 13 heavy (non-hydrogen) atoms. The van der Waals surface area contributed by atoms with Crippen molar-refractivity contribution in [3.05, 3.63) is 28.5 Å². The van der Waals surface area contributed by atoms with Crippen molar-refractivity contribution in [3.63, 3.8) is 0 Å². The van der Waals surface area contributed by atoms with Crippen LogP contribution in [0.25, 0.3) is 0 Å². The number of aliphatic hydroxyl groups excluding tert-OH is 1. The molecule has 1 aliphatic rings. The van der Waals surface area contributed by atoms with Crippen LogP contribution in [-0.4, -0.2) is 22.8 Å². The van der Waals surface area contributed by atoms with Crippen LogP contribution < -0.4 is 0 Å². The highest BCUT2D eigenvalue weighted by atomic mass is 35.5. The van der Waals surface area contributed by atoms with Crippen molar-refractivity contribution in [2.24, 2.45) is 0 Å². The summed E-state index contributed by atoms with van der Waals surface area (Å²) in [5.41, 5.74) is 1.59. The molecule has 4 heteroatoms. The normalized spacial score (nSPS) is 27.0. The first-order chi connectivity index (χ1) is 6.20. The predicted octanol–water partition coefficient (Wildman–Crippen LogP) is 1.48. The molecule has 0 radical (unpaired) electrons. The first-order valence-corrected chi connectivity index (χ1v) is 4.48. The Morgan fingerprint density at radius 2 is 2.46 bits per heavy atom. The Labute approximate surface area is 81.3 Å². The summed E-state index contributed by atoms with van der Waals surface area (Å²) in [6, 6.07) is 1.83. The summed E-state index contributed by atoms with van der Waals surface area (Å²) >= 11 is 6.01. The zero-order valence-corrected chi connectivity index (χ0v) is 7.95. The summed E-state index contributed by atoms with van der Waals surface area (Å²) in [5.74, 6) is 0. The van der Waals surface area contributed by atoms with Crippen molar-refractivity contribution < 1.29 is 9.84 Å². The maximum atomic E-state index is 9.35. The summed E-state index contributed by atoms with van der Waals surface area (Å²) in [5, 5.41) is 9.94. The average molecular weight is 200 g/mol. The molecule has 0 spiro atoms. The van der Waals surface area contributed by atoms with Crippen LogP contribution in [-0.2, 0) is 4.74 Å². The van der Waals surface area contributed by atoms with Crippen LogP contribution in [0.1, 0.15) is 17.4 Å². The predicted molar refractivity (Wildman–Crippen MR) is 48.7 cm³/mol. The molecule has 0 saturated carbocycles. The van der Waals surface area contributed by atoms with Gasteiger partial charge < -0.3 is 9.84 Å². The highest BCUT2D eigenvalue weighted by molar-refractivity contribution is 6.32. The Morgan fingerprint density at radius 1 is 1.69 bits per heavy atom. The van der Waals surface area contributed by atoms with Gasteiger partial charge in [0.05, 0.1) is 17.3 Å². The van der Waals surface area contributed by atoms with Crippen LogP contribution in [0.5, 0.6) is 0 Å². The van der Waals surface area contributed by atoms with Crippen molar-refractivity contribution in [1.29, 1.82) is 0 Å². The molecule has 0 aromatic carbocycles. The lowest BCUT2D eigenvalue weighted by Crippen LogP contribution is -2.38. The third kappa shape index (κ3) is 1.43. The third-order valence-corrected chi connectivity index (χ3v) is 2.67. The van der Waals surface area contributed by atoms with Gasteiger partial charge >= 0.3 is 0 Å². The Morgan fingerprint density at radius 3 is 3.00 bits per heavy atom. The summed E-state index contributed by atoms with van der Waals surface area (Å²) in [4.78, 5) is 4.09. The highest BCUT2D eigenvalue weighted by Gasteiger charge is 2.34. The molecule has 3 nitrogen and oxygen atoms in total. The van der Waals surface area contributed by atoms with E-state index in [0.717, 1.165) is 5.56 Å². The summed E-state index contributed by atoms with van der Waals surface area (Å²) in [7, 11) is 0. The van der Waals surface area contributed by atoms with Gasteiger partial charge in [0.2, 0.25) is 0 Å². The highest BCUT2D eigenvalue weighted by Crippen LogP contribution is 2.33. The molecule has 0 bridgehead atoms. The lowest BCUT2D eigenvalue weighted by atomic mass is 10.0. The number of pyridine rings is 1. The van der Waals surface area contributed by atoms with Crippen LogP contribution >= 0.6 is 11.6 Å². The van der Waals surface area contributed by atoms with E-state index in [-0.39, 0.29) is 6.10 Å². The van der Waals surface area contributed by atoms with E-state index in [0.29, 0.717) is 17.3 Å². The van der Waals surface area contributed by atoms with Gasteiger partial charge in [-0.3, -0.25) is 4.98 Å². The fourth-order valence-electron chi connectivity index (χ4n) is 1.30. The van der Waals surface area contributed by atoms with E-state index in [4.69, 9.17) is 16.3 Å². The Kier molecular flexibility index (Phi) is 2.24. The molecule has 1 saturated heterocycles. The van der Waals surface area contributed by atoms with Crippen LogP contribution in [0.2, 0.25) is 5.02 Å². The molecule has 1 aromatic rings. The van der Waals surface area contributed by atoms with Gasteiger partial charge in [-0.25, -0.2) is 0 Å². The maximum absolute atomic E-state index is 9.35.